The van der Waals surface area contributed by atoms with E-state index in [4.69, 9.17) is 0 Å². The van der Waals surface area contributed by atoms with E-state index in [0.717, 1.165) is 43.6 Å². The molecule has 0 spiro atoms. The van der Waals surface area contributed by atoms with E-state index in [1.165, 1.54) is 56.9 Å². The zero-order valence-corrected chi connectivity index (χ0v) is 16.9. The van der Waals surface area contributed by atoms with Crippen molar-refractivity contribution in [1.82, 2.24) is 0 Å². The van der Waals surface area contributed by atoms with Crippen molar-refractivity contribution in [1.29, 1.82) is 0 Å². The van der Waals surface area contributed by atoms with Gasteiger partial charge in [0.25, 0.3) is 0 Å². The summed E-state index contributed by atoms with van der Waals surface area (Å²) in [7, 11) is 0. The minimum absolute atomic E-state index is 0.626. The van der Waals surface area contributed by atoms with E-state index in [1.807, 2.05) is 0 Å². The van der Waals surface area contributed by atoms with Crippen molar-refractivity contribution in [2.75, 3.05) is 0 Å². The van der Waals surface area contributed by atoms with Crippen LogP contribution in [-0.4, -0.2) is 11.1 Å². The second-order valence-electron chi connectivity index (χ2n) is 8.33. The number of unbranched alkanes of at least 4 members (excludes halogenated alkanes) is 5. The van der Waals surface area contributed by atoms with Crippen LogP contribution in [-0.2, 0) is 16.6 Å². The number of hydrogen-bond donors (Lipinski definition) is 1. The molecule has 0 amide bonds. The number of benzene rings is 1. The van der Waals surface area contributed by atoms with Crippen molar-refractivity contribution in [3.05, 3.63) is 35.4 Å². The first-order chi connectivity index (χ1) is 12.6. The topological polar surface area (TPSA) is 37.3 Å². The van der Waals surface area contributed by atoms with Gasteiger partial charge < -0.3 is 5.11 Å². The number of rotatable bonds is 11. The summed E-state index contributed by atoms with van der Waals surface area (Å²) < 4.78 is 0. The molecule has 1 fully saturated rings. The van der Waals surface area contributed by atoms with E-state index >= 15 is 0 Å². The summed E-state index contributed by atoms with van der Waals surface area (Å²) in [5.41, 5.74) is 1.72. The normalized spacial score (nSPS) is 23.1. The molecule has 0 unspecified atom stereocenters. The lowest BCUT2D eigenvalue weighted by molar-refractivity contribution is -0.145. The Kier molecular flexibility index (Phi) is 8.68. The van der Waals surface area contributed by atoms with Gasteiger partial charge >= 0.3 is 5.97 Å². The lowest BCUT2D eigenvalue weighted by atomic mass is 9.66. The molecule has 0 saturated heterocycles. The summed E-state index contributed by atoms with van der Waals surface area (Å²) in [5.74, 6) is 0.101. The van der Waals surface area contributed by atoms with Gasteiger partial charge in [-0.2, -0.15) is 0 Å². The summed E-state index contributed by atoms with van der Waals surface area (Å²) >= 11 is 0. The third-order valence-corrected chi connectivity index (χ3v) is 6.41. The third kappa shape index (κ3) is 5.59. The number of carbonyl (C=O) groups is 1. The highest BCUT2D eigenvalue weighted by Crippen LogP contribution is 2.43. The molecule has 1 saturated carbocycles. The van der Waals surface area contributed by atoms with E-state index in [1.54, 1.807) is 0 Å². The van der Waals surface area contributed by atoms with Crippen LogP contribution in [0.2, 0.25) is 0 Å². The molecule has 0 heterocycles. The van der Waals surface area contributed by atoms with Crippen LogP contribution >= 0.6 is 0 Å². The molecule has 0 aliphatic heterocycles. The zero-order chi connectivity index (χ0) is 18.8. The fourth-order valence-corrected chi connectivity index (χ4v) is 4.50. The smallest absolute Gasteiger partial charge is 0.314 e. The maximum Gasteiger partial charge on any atom is 0.314 e. The highest BCUT2D eigenvalue weighted by molar-refractivity contribution is 5.81. The van der Waals surface area contributed by atoms with Gasteiger partial charge in [0.05, 0.1) is 5.41 Å². The van der Waals surface area contributed by atoms with Crippen LogP contribution in [0.25, 0.3) is 0 Å². The van der Waals surface area contributed by atoms with Gasteiger partial charge in [-0.1, -0.05) is 83.1 Å². The number of carboxylic acids is 1. The zero-order valence-electron chi connectivity index (χ0n) is 16.9. The molecule has 26 heavy (non-hydrogen) atoms. The Morgan fingerprint density at radius 3 is 2.15 bits per heavy atom. The van der Waals surface area contributed by atoms with Gasteiger partial charge in [0.15, 0.2) is 0 Å². The van der Waals surface area contributed by atoms with Crippen LogP contribution in [0.5, 0.6) is 0 Å². The molecule has 0 bridgehead atoms. The van der Waals surface area contributed by atoms with Crippen molar-refractivity contribution in [2.24, 2.45) is 5.92 Å². The van der Waals surface area contributed by atoms with E-state index in [9.17, 15) is 9.90 Å². The lowest BCUT2D eigenvalue weighted by Gasteiger charge is -2.37. The second-order valence-corrected chi connectivity index (χ2v) is 8.33. The molecule has 2 heteroatoms. The predicted molar refractivity (Wildman–Crippen MR) is 110 cm³/mol. The summed E-state index contributed by atoms with van der Waals surface area (Å²) in [5, 5.41) is 10.00. The molecule has 1 aliphatic rings. The van der Waals surface area contributed by atoms with E-state index < -0.39 is 11.4 Å². The maximum atomic E-state index is 12.2. The van der Waals surface area contributed by atoms with Crippen LogP contribution in [0.1, 0.15) is 102 Å². The molecule has 2 rings (SSSR count). The molecule has 0 radical (unpaired) electrons. The Morgan fingerprint density at radius 2 is 1.58 bits per heavy atom. The Morgan fingerprint density at radius 1 is 0.962 bits per heavy atom. The molecule has 1 aromatic rings. The molecule has 146 valence electrons. The minimum Gasteiger partial charge on any atom is -0.481 e. The first-order valence-electron chi connectivity index (χ1n) is 10.9. The van der Waals surface area contributed by atoms with E-state index in [-0.39, 0.29) is 0 Å². The Hall–Kier alpha value is -1.31. The SMILES string of the molecule is CCCCCCCc1ccc(C2(C(=O)O)CCC(CCCC)CC2)cc1. The highest BCUT2D eigenvalue weighted by atomic mass is 16.4. The molecular formula is C24H38O2. The fourth-order valence-electron chi connectivity index (χ4n) is 4.50. The minimum atomic E-state index is -0.650. The van der Waals surface area contributed by atoms with Crippen LogP contribution in [0.4, 0.5) is 0 Å². The Labute approximate surface area is 160 Å². The fraction of sp³-hybridized carbons (Fsp3) is 0.708. The average molecular weight is 359 g/mol. The third-order valence-electron chi connectivity index (χ3n) is 6.41. The molecule has 0 atom stereocenters. The summed E-state index contributed by atoms with van der Waals surface area (Å²) in [6, 6.07) is 8.54. The number of aryl methyl sites for hydroxylation is 1. The Balaban J connectivity index is 1.94. The quantitative estimate of drug-likeness (QED) is 0.437. The highest BCUT2D eigenvalue weighted by Gasteiger charge is 2.43. The largest absolute Gasteiger partial charge is 0.481 e. The van der Waals surface area contributed by atoms with Gasteiger partial charge in [-0.25, -0.2) is 0 Å². The second kappa shape index (κ2) is 10.7. The van der Waals surface area contributed by atoms with Gasteiger partial charge in [0.2, 0.25) is 0 Å². The molecule has 0 aromatic heterocycles. The van der Waals surface area contributed by atoms with Crippen molar-refractivity contribution >= 4 is 5.97 Å². The monoisotopic (exact) mass is 358 g/mol. The van der Waals surface area contributed by atoms with Crippen molar-refractivity contribution < 1.29 is 9.90 Å². The number of carboxylic acid groups (broad SMARTS) is 1. The van der Waals surface area contributed by atoms with Gasteiger partial charge in [-0.3, -0.25) is 4.79 Å². The van der Waals surface area contributed by atoms with Gasteiger partial charge in [-0.15, -0.1) is 0 Å². The summed E-state index contributed by atoms with van der Waals surface area (Å²) in [6.07, 6.45) is 15.1. The van der Waals surface area contributed by atoms with E-state index in [0.29, 0.717) is 0 Å². The Bertz CT molecular complexity index is 524. The first-order valence-corrected chi connectivity index (χ1v) is 10.9. The average Bonchev–Trinajstić information content (AvgIpc) is 2.67. The van der Waals surface area contributed by atoms with Crippen molar-refractivity contribution in [3.8, 4) is 0 Å². The van der Waals surface area contributed by atoms with Crippen LogP contribution in [0, 0.1) is 5.92 Å². The predicted octanol–water partition coefficient (Wildman–Crippen LogP) is 6.90. The lowest BCUT2D eigenvalue weighted by Crippen LogP contribution is -2.39. The standard InChI is InChI=1S/C24H38O2/c1-3-5-7-8-9-11-20-12-14-22(15-13-20)24(23(25)26)18-16-21(17-19-24)10-6-4-2/h12-15,21H,3-11,16-19H2,1-2H3,(H,25,26). The van der Waals surface area contributed by atoms with Gasteiger partial charge in [-0.05, 0) is 55.6 Å². The van der Waals surface area contributed by atoms with Crippen LogP contribution in [0.3, 0.4) is 0 Å². The number of hydrogen-bond acceptors (Lipinski definition) is 1. The summed E-state index contributed by atoms with van der Waals surface area (Å²) in [4.78, 5) is 12.2. The molecular weight excluding hydrogens is 320 g/mol. The summed E-state index contributed by atoms with van der Waals surface area (Å²) in [6.45, 7) is 4.48. The van der Waals surface area contributed by atoms with Crippen LogP contribution < -0.4 is 0 Å². The van der Waals surface area contributed by atoms with E-state index in [2.05, 4.69) is 38.1 Å². The molecule has 2 nitrogen and oxygen atoms in total. The maximum absolute atomic E-state index is 12.2. The molecule has 1 aliphatic carbocycles. The van der Waals surface area contributed by atoms with Crippen LogP contribution in [0.15, 0.2) is 24.3 Å². The number of aliphatic carboxylic acids is 1. The molecule has 1 aromatic carbocycles. The van der Waals surface area contributed by atoms with Gasteiger partial charge in [0, 0.05) is 0 Å². The van der Waals surface area contributed by atoms with Crippen molar-refractivity contribution in [3.63, 3.8) is 0 Å². The van der Waals surface area contributed by atoms with Gasteiger partial charge in [0.1, 0.15) is 0 Å². The first kappa shape index (κ1) is 21.0. The van der Waals surface area contributed by atoms with Crippen molar-refractivity contribution in [2.45, 2.75) is 103 Å². The molecule has 1 N–H and O–H groups in total.